The normalized spacial score (nSPS) is 11.6. The molecule has 0 N–H and O–H groups in total. The van der Waals surface area contributed by atoms with Gasteiger partial charge in [0.25, 0.3) is 0 Å². The second-order valence-corrected chi connectivity index (χ2v) is 6.76. The van der Waals surface area contributed by atoms with E-state index in [-0.39, 0.29) is 0 Å². The van der Waals surface area contributed by atoms with E-state index < -0.39 is 10.0 Å². The van der Waals surface area contributed by atoms with Gasteiger partial charge in [-0.2, -0.15) is 4.31 Å². The van der Waals surface area contributed by atoms with E-state index in [0.717, 1.165) is 5.56 Å². The third kappa shape index (κ3) is 3.40. The van der Waals surface area contributed by atoms with E-state index in [4.69, 9.17) is 4.74 Å². The average Bonchev–Trinajstić information content (AvgIpc) is 2.47. The molecular formula is C15H18N2O3S. The quantitative estimate of drug-likeness (QED) is 0.850. The minimum Gasteiger partial charge on any atom is -0.497 e. The minimum absolute atomic E-state index is 0.292. The molecule has 0 saturated heterocycles. The average molecular weight is 306 g/mol. The Hall–Kier alpha value is -1.92. The Bertz CT molecular complexity index is 715. The second kappa shape index (κ2) is 6.24. The smallest absolute Gasteiger partial charge is 0.243 e. The molecule has 2 rings (SSSR count). The molecule has 0 unspecified atom stereocenters. The van der Waals surface area contributed by atoms with E-state index in [0.29, 0.717) is 22.8 Å². The van der Waals surface area contributed by atoms with Crippen LogP contribution in [0.15, 0.2) is 47.6 Å². The number of ether oxygens (including phenoxy) is 1. The van der Waals surface area contributed by atoms with Crippen LogP contribution in [0.3, 0.4) is 0 Å². The summed E-state index contributed by atoms with van der Waals surface area (Å²) in [6, 6.07) is 8.54. The Balaban J connectivity index is 2.29. The molecule has 0 radical (unpaired) electrons. The summed E-state index contributed by atoms with van der Waals surface area (Å²) in [5.74, 6) is 0.642. The zero-order valence-electron chi connectivity index (χ0n) is 12.3. The van der Waals surface area contributed by atoms with Crippen LogP contribution in [0.5, 0.6) is 5.75 Å². The van der Waals surface area contributed by atoms with Crippen LogP contribution in [0.4, 0.5) is 0 Å². The zero-order chi connectivity index (χ0) is 15.5. The van der Waals surface area contributed by atoms with E-state index in [1.165, 1.54) is 4.31 Å². The molecule has 5 nitrogen and oxygen atoms in total. The highest BCUT2D eigenvalue weighted by atomic mass is 32.2. The number of hydrogen-bond acceptors (Lipinski definition) is 4. The molecule has 0 amide bonds. The van der Waals surface area contributed by atoms with Crippen LogP contribution in [0.2, 0.25) is 0 Å². The predicted molar refractivity (Wildman–Crippen MR) is 80.6 cm³/mol. The highest BCUT2D eigenvalue weighted by Crippen LogP contribution is 2.24. The van der Waals surface area contributed by atoms with Crippen molar-refractivity contribution in [2.45, 2.75) is 18.4 Å². The maximum Gasteiger partial charge on any atom is 0.243 e. The van der Waals surface area contributed by atoms with Crippen molar-refractivity contribution >= 4 is 10.0 Å². The predicted octanol–water partition coefficient (Wildman–Crippen LogP) is 2.22. The number of methoxy groups -OCH3 is 1. The highest BCUT2D eigenvalue weighted by Gasteiger charge is 2.23. The molecule has 1 aromatic carbocycles. The standard InChI is InChI=1S/C15H18N2O3S/c1-12-10-14(20-3)4-5-15(12)21(18,19)17(2)11-13-6-8-16-9-7-13/h4-10H,11H2,1-3H3. The van der Waals surface area contributed by atoms with E-state index in [1.807, 2.05) is 0 Å². The third-order valence-corrected chi connectivity index (χ3v) is 5.19. The molecule has 0 spiro atoms. The molecule has 0 fully saturated rings. The molecule has 0 atom stereocenters. The van der Waals surface area contributed by atoms with Crippen molar-refractivity contribution in [3.8, 4) is 5.75 Å². The number of benzene rings is 1. The van der Waals surface area contributed by atoms with Crippen molar-refractivity contribution in [3.63, 3.8) is 0 Å². The lowest BCUT2D eigenvalue weighted by molar-refractivity contribution is 0.413. The molecule has 1 aromatic heterocycles. The third-order valence-electron chi connectivity index (χ3n) is 3.22. The summed E-state index contributed by atoms with van der Waals surface area (Å²) in [7, 11) is -0.412. The minimum atomic E-state index is -3.54. The maximum absolute atomic E-state index is 12.6. The Morgan fingerprint density at radius 3 is 2.43 bits per heavy atom. The molecule has 1 heterocycles. The highest BCUT2D eigenvalue weighted by molar-refractivity contribution is 7.89. The Morgan fingerprint density at radius 2 is 1.86 bits per heavy atom. The van der Waals surface area contributed by atoms with Crippen molar-refractivity contribution < 1.29 is 13.2 Å². The Morgan fingerprint density at radius 1 is 1.19 bits per heavy atom. The van der Waals surface area contributed by atoms with Gasteiger partial charge in [0.1, 0.15) is 5.75 Å². The summed E-state index contributed by atoms with van der Waals surface area (Å²) in [6.45, 7) is 2.06. The van der Waals surface area contributed by atoms with Gasteiger partial charge in [0.05, 0.1) is 12.0 Å². The lowest BCUT2D eigenvalue weighted by Crippen LogP contribution is -2.27. The number of sulfonamides is 1. The van der Waals surface area contributed by atoms with Gasteiger partial charge in [-0.1, -0.05) is 0 Å². The van der Waals surface area contributed by atoms with Gasteiger partial charge in [-0.15, -0.1) is 0 Å². The Kier molecular flexibility index (Phi) is 4.59. The summed E-state index contributed by atoms with van der Waals surface area (Å²) in [6.07, 6.45) is 3.29. The molecule has 0 saturated carbocycles. The van der Waals surface area contributed by atoms with Gasteiger partial charge >= 0.3 is 0 Å². The summed E-state index contributed by atoms with van der Waals surface area (Å²) < 4.78 is 31.7. The van der Waals surface area contributed by atoms with Crippen LogP contribution in [0.25, 0.3) is 0 Å². The van der Waals surface area contributed by atoms with Crippen LogP contribution >= 0.6 is 0 Å². The molecule has 0 bridgehead atoms. The maximum atomic E-state index is 12.6. The zero-order valence-corrected chi connectivity index (χ0v) is 13.1. The van der Waals surface area contributed by atoms with Crippen LogP contribution in [-0.4, -0.2) is 31.9 Å². The van der Waals surface area contributed by atoms with Gasteiger partial charge < -0.3 is 4.74 Å². The van der Waals surface area contributed by atoms with E-state index >= 15 is 0 Å². The number of aryl methyl sites for hydroxylation is 1. The van der Waals surface area contributed by atoms with Crippen molar-refractivity contribution in [3.05, 3.63) is 53.9 Å². The van der Waals surface area contributed by atoms with Crippen molar-refractivity contribution in [1.29, 1.82) is 0 Å². The topological polar surface area (TPSA) is 59.5 Å². The Labute approximate surface area is 125 Å². The van der Waals surface area contributed by atoms with Gasteiger partial charge in [0.15, 0.2) is 0 Å². The number of rotatable bonds is 5. The fraction of sp³-hybridized carbons (Fsp3) is 0.267. The molecular weight excluding hydrogens is 288 g/mol. The van der Waals surface area contributed by atoms with E-state index in [9.17, 15) is 8.42 Å². The molecule has 0 aliphatic heterocycles. The number of nitrogens with zero attached hydrogens (tertiary/aromatic N) is 2. The van der Waals surface area contributed by atoms with E-state index in [1.54, 1.807) is 63.8 Å². The number of pyridine rings is 1. The van der Waals surface area contributed by atoms with Crippen LogP contribution in [-0.2, 0) is 16.6 Å². The van der Waals surface area contributed by atoms with E-state index in [2.05, 4.69) is 4.98 Å². The van der Waals surface area contributed by atoms with Crippen LogP contribution in [0.1, 0.15) is 11.1 Å². The first-order valence-corrected chi connectivity index (χ1v) is 7.89. The van der Waals surface area contributed by atoms with Gasteiger partial charge in [-0.3, -0.25) is 4.98 Å². The molecule has 0 aliphatic rings. The second-order valence-electron chi connectivity index (χ2n) is 4.75. The number of aromatic nitrogens is 1. The summed E-state index contributed by atoms with van der Waals surface area (Å²) in [5.41, 5.74) is 1.55. The SMILES string of the molecule is COc1ccc(S(=O)(=O)N(C)Cc2ccncc2)c(C)c1. The van der Waals surface area contributed by atoms with Gasteiger partial charge in [0, 0.05) is 26.0 Å². The lowest BCUT2D eigenvalue weighted by atomic mass is 10.2. The molecule has 0 aliphatic carbocycles. The molecule has 21 heavy (non-hydrogen) atoms. The largest absolute Gasteiger partial charge is 0.497 e. The van der Waals surface area contributed by atoms with Crippen molar-refractivity contribution in [1.82, 2.24) is 9.29 Å². The molecule has 6 heteroatoms. The summed E-state index contributed by atoms with van der Waals surface area (Å²) in [5, 5.41) is 0. The summed E-state index contributed by atoms with van der Waals surface area (Å²) in [4.78, 5) is 4.22. The van der Waals surface area contributed by atoms with Gasteiger partial charge in [0.2, 0.25) is 10.0 Å². The van der Waals surface area contributed by atoms with Gasteiger partial charge in [-0.05, 0) is 48.4 Å². The fourth-order valence-electron chi connectivity index (χ4n) is 2.04. The monoisotopic (exact) mass is 306 g/mol. The van der Waals surface area contributed by atoms with Crippen LogP contribution < -0.4 is 4.74 Å². The van der Waals surface area contributed by atoms with Crippen molar-refractivity contribution in [2.24, 2.45) is 0 Å². The van der Waals surface area contributed by atoms with Gasteiger partial charge in [-0.25, -0.2) is 8.42 Å². The fourth-order valence-corrected chi connectivity index (χ4v) is 3.40. The summed E-state index contributed by atoms with van der Waals surface area (Å²) >= 11 is 0. The lowest BCUT2D eigenvalue weighted by Gasteiger charge is -2.19. The molecule has 2 aromatic rings. The number of hydrogen-bond donors (Lipinski definition) is 0. The van der Waals surface area contributed by atoms with Crippen LogP contribution in [0, 0.1) is 6.92 Å². The molecule has 112 valence electrons. The first-order valence-electron chi connectivity index (χ1n) is 6.45. The van der Waals surface area contributed by atoms with Crippen molar-refractivity contribution in [2.75, 3.05) is 14.2 Å². The first kappa shape index (κ1) is 15.5. The first-order chi connectivity index (χ1) is 9.95.